The van der Waals surface area contributed by atoms with Crippen molar-refractivity contribution in [3.05, 3.63) is 47.5 Å². The van der Waals surface area contributed by atoms with Crippen LogP contribution in [-0.4, -0.2) is 42.2 Å². The summed E-state index contributed by atoms with van der Waals surface area (Å²) in [7, 11) is 0. The first kappa shape index (κ1) is 15.6. The molecule has 2 aromatic rings. The van der Waals surface area contributed by atoms with Crippen molar-refractivity contribution in [1.82, 2.24) is 10.1 Å². The minimum absolute atomic E-state index is 0.155. The van der Waals surface area contributed by atoms with Crippen molar-refractivity contribution in [1.29, 1.82) is 0 Å². The van der Waals surface area contributed by atoms with Crippen LogP contribution >= 0.6 is 0 Å². The van der Waals surface area contributed by atoms with Crippen LogP contribution in [0, 0.1) is 12.7 Å². The molecule has 1 atom stereocenters. The summed E-state index contributed by atoms with van der Waals surface area (Å²) < 4.78 is 23.6. The van der Waals surface area contributed by atoms with E-state index in [9.17, 15) is 9.18 Å². The smallest absolute Gasteiger partial charge is 0.239 e. The lowest BCUT2D eigenvalue weighted by Gasteiger charge is -2.32. The fourth-order valence-electron chi connectivity index (χ4n) is 2.54. The quantitative estimate of drug-likeness (QED) is 0.935. The number of anilines is 1. The Morgan fingerprint density at radius 2 is 2.22 bits per heavy atom. The first-order valence-electron chi connectivity index (χ1n) is 7.43. The van der Waals surface area contributed by atoms with E-state index in [1.807, 2.05) is 4.90 Å². The Kier molecular flexibility index (Phi) is 4.68. The van der Waals surface area contributed by atoms with E-state index < -0.39 is 0 Å². The SMILES string of the molecule is Cc1cc(NC(=O)CN2CCO[C@H](c3ccc(F)cc3)C2)no1. The molecule has 0 spiro atoms. The predicted octanol–water partition coefficient (Wildman–Crippen LogP) is 2.13. The zero-order valence-corrected chi connectivity index (χ0v) is 12.8. The molecule has 1 aliphatic rings. The highest BCUT2D eigenvalue weighted by atomic mass is 19.1. The van der Waals surface area contributed by atoms with Gasteiger partial charge in [0.15, 0.2) is 5.82 Å². The third kappa shape index (κ3) is 4.14. The summed E-state index contributed by atoms with van der Waals surface area (Å²) in [5.74, 6) is 0.626. The summed E-state index contributed by atoms with van der Waals surface area (Å²) in [6.07, 6.45) is -0.161. The highest BCUT2D eigenvalue weighted by molar-refractivity contribution is 5.91. The minimum atomic E-state index is -0.274. The summed E-state index contributed by atoms with van der Waals surface area (Å²) in [5, 5.41) is 6.43. The Bertz CT molecular complexity index is 671. The van der Waals surface area contributed by atoms with Gasteiger partial charge in [0.2, 0.25) is 5.91 Å². The van der Waals surface area contributed by atoms with Gasteiger partial charge in [0.05, 0.1) is 19.3 Å². The molecule has 1 fully saturated rings. The fourth-order valence-corrected chi connectivity index (χ4v) is 2.54. The van der Waals surface area contributed by atoms with Gasteiger partial charge < -0.3 is 14.6 Å². The largest absolute Gasteiger partial charge is 0.371 e. The summed E-state index contributed by atoms with van der Waals surface area (Å²) in [4.78, 5) is 14.1. The van der Waals surface area contributed by atoms with E-state index in [1.165, 1.54) is 12.1 Å². The summed E-state index contributed by atoms with van der Waals surface area (Å²) >= 11 is 0. The number of aryl methyl sites for hydroxylation is 1. The highest BCUT2D eigenvalue weighted by Gasteiger charge is 2.23. The first-order valence-corrected chi connectivity index (χ1v) is 7.43. The molecule has 2 heterocycles. The number of hydrogen-bond acceptors (Lipinski definition) is 5. The molecule has 6 nitrogen and oxygen atoms in total. The van der Waals surface area contributed by atoms with Gasteiger partial charge in [-0.15, -0.1) is 0 Å². The molecule has 23 heavy (non-hydrogen) atoms. The van der Waals surface area contributed by atoms with Crippen LogP contribution in [-0.2, 0) is 9.53 Å². The number of halogens is 1. The maximum atomic E-state index is 13.0. The van der Waals surface area contributed by atoms with Crippen LogP contribution in [0.4, 0.5) is 10.2 Å². The fraction of sp³-hybridized carbons (Fsp3) is 0.375. The lowest BCUT2D eigenvalue weighted by molar-refractivity contribution is -0.119. The van der Waals surface area contributed by atoms with Crippen molar-refractivity contribution in [2.24, 2.45) is 0 Å². The average molecular weight is 319 g/mol. The van der Waals surface area contributed by atoms with E-state index >= 15 is 0 Å². The van der Waals surface area contributed by atoms with Crippen LogP contribution in [0.1, 0.15) is 17.4 Å². The monoisotopic (exact) mass is 319 g/mol. The van der Waals surface area contributed by atoms with Gasteiger partial charge in [-0.05, 0) is 24.6 Å². The van der Waals surface area contributed by atoms with E-state index in [1.54, 1.807) is 25.1 Å². The number of carbonyl (C=O) groups excluding carboxylic acids is 1. The average Bonchev–Trinajstić information content (AvgIpc) is 2.93. The second-order valence-electron chi connectivity index (χ2n) is 5.52. The molecule has 7 heteroatoms. The Morgan fingerprint density at radius 3 is 2.91 bits per heavy atom. The molecule has 122 valence electrons. The van der Waals surface area contributed by atoms with Crippen molar-refractivity contribution in [3.8, 4) is 0 Å². The number of morpholine rings is 1. The Balaban J connectivity index is 1.55. The van der Waals surface area contributed by atoms with E-state index in [0.29, 0.717) is 31.3 Å². The Morgan fingerprint density at radius 1 is 1.43 bits per heavy atom. The van der Waals surface area contributed by atoms with E-state index in [0.717, 1.165) is 5.56 Å². The Labute approximate surface area is 133 Å². The molecule has 0 unspecified atom stereocenters. The molecule has 0 radical (unpaired) electrons. The summed E-state index contributed by atoms with van der Waals surface area (Å²) in [5.41, 5.74) is 0.906. The number of benzene rings is 1. The number of carbonyl (C=O) groups is 1. The van der Waals surface area contributed by atoms with Crippen LogP contribution in [0.2, 0.25) is 0 Å². The third-order valence-corrected chi connectivity index (χ3v) is 3.66. The van der Waals surface area contributed by atoms with Crippen LogP contribution in [0.3, 0.4) is 0 Å². The van der Waals surface area contributed by atoms with Crippen molar-refractivity contribution in [2.75, 3.05) is 31.6 Å². The van der Waals surface area contributed by atoms with Crippen molar-refractivity contribution < 1.29 is 18.4 Å². The molecule has 1 aromatic heterocycles. The molecular weight excluding hydrogens is 301 g/mol. The molecule has 0 bridgehead atoms. The van der Waals surface area contributed by atoms with Gasteiger partial charge in [0.1, 0.15) is 11.6 Å². The van der Waals surface area contributed by atoms with Crippen LogP contribution in [0.5, 0.6) is 0 Å². The van der Waals surface area contributed by atoms with Gasteiger partial charge in [-0.3, -0.25) is 9.69 Å². The molecule has 1 amide bonds. The third-order valence-electron chi connectivity index (χ3n) is 3.66. The Hall–Kier alpha value is -2.25. The molecule has 1 aliphatic heterocycles. The van der Waals surface area contributed by atoms with Crippen LogP contribution in [0.15, 0.2) is 34.9 Å². The summed E-state index contributed by atoms with van der Waals surface area (Å²) in [6, 6.07) is 7.91. The summed E-state index contributed by atoms with van der Waals surface area (Å²) in [6.45, 7) is 3.78. The van der Waals surface area contributed by atoms with Gasteiger partial charge in [-0.1, -0.05) is 17.3 Å². The maximum absolute atomic E-state index is 13.0. The zero-order chi connectivity index (χ0) is 16.2. The number of nitrogens with zero attached hydrogens (tertiary/aromatic N) is 2. The first-order chi connectivity index (χ1) is 11.1. The number of ether oxygens (including phenoxy) is 1. The molecule has 1 N–H and O–H groups in total. The van der Waals surface area contributed by atoms with Gasteiger partial charge in [-0.25, -0.2) is 4.39 Å². The normalized spacial score (nSPS) is 18.8. The van der Waals surface area contributed by atoms with Crippen molar-refractivity contribution >= 4 is 11.7 Å². The standard InChI is InChI=1S/C16H18FN3O3/c1-11-8-15(19-23-11)18-16(21)10-20-6-7-22-14(9-20)12-2-4-13(17)5-3-12/h2-5,8,14H,6-7,9-10H2,1H3,(H,18,19,21)/t14-/m0/s1. The van der Waals surface area contributed by atoms with Crippen LogP contribution in [0.25, 0.3) is 0 Å². The highest BCUT2D eigenvalue weighted by Crippen LogP contribution is 2.22. The van der Waals surface area contributed by atoms with Gasteiger partial charge in [0, 0.05) is 19.2 Å². The van der Waals surface area contributed by atoms with Gasteiger partial charge in [-0.2, -0.15) is 0 Å². The molecule has 0 saturated carbocycles. The molecule has 1 aromatic carbocycles. The number of hydrogen-bond donors (Lipinski definition) is 1. The second kappa shape index (κ2) is 6.89. The van der Waals surface area contributed by atoms with Crippen molar-refractivity contribution in [2.45, 2.75) is 13.0 Å². The van der Waals surface area contributed by atoms with E-state index in [-0.39, 0.29) is 24.4 Å². The topological polar surface area (TPSA) is 67.6 Å². The number of rotatable bonds is 4. The predicted molar refractivity (Wildman–Crippen MR) is 81.4 cm³/mol. The number of amides is 1. The zero-order valence-electron chi connectivity index (χ0n) is 12.8. The minimum Gasteiger partial charge on any atom is -0.371 e. The number of nitrogens with one attached hydrogen (secondary N) is 1. The molecule has 1 saturated heterocycles. The van der Waals surface area contributed by atoms with E-state index in [2.05, 4.69) is 10.5 Å². The lowest BCUT2D eigenvalue weighted by atomic mass is 10.1. The van der Waals surface area contributed by atoms with Gasteiger partial charge >= 0.3 is 0 Å². The lowest BCUT2D eigenvalue weighted by Crippen LogP contribution is -2.42. The second-order valence-corrected chi connectivity index (χ2v) is 5.52. The van der Waals surface area contributed by atoms with Crippen molar-refractivity contribution in [3.63, 3.8) is 0 Å². The maximum Gasteiger partial charge on any atom is 0.239 e. The van der Waals surface area contributed by atoms with Crippen LogP contribution < -0.4 is 5.32 Å². The molecule has 0 aliphatic carbocycles. The van der Waals surface area contributed by atoms with Gasteiger partial charge in [0.25, 0.3) is 0 Å². The number of aromatic nitrogens is 1. The molecule has 3 rings (SSSR count). The molecular formula is C16H18FN3O3. The van der Waals surface area contributed by atoms with E-state index in [4.69, 9.17) is 9.26 Å².